The molecule has 2 amide bonds. The Bertz CT molecular complexity index is 836. The fraction of sp³-hybridized carbons (Fsp3) is 0.368. The summed E-state index contributed by atoms with van der Waals surface area (Å²) < 4.78 is 1.61. The van der Waals surface area contributed by atoms with E-state index in [-0.39, 0.29) is 22.9 Å². The summed E-state index contributed by atoms with van der Waals surface area (Å²) in [4.78, 5) is 31.7. The molecule has 3 heterocycles. The lowest BCUT2D eigenvalue weighted by atomic mass is 9.93. The molecular formula is C19H22ClN5O2. The summed E-state index contributed by atoms with van der Waals surface area (Å²) in [7, 11) is 0. The third-order valence-corrected chi connectivity index (χ3v) is 4.95. The van der Waals surface area contributed by atoms with Crippen LogP contribution in [0.2, 0.25) is 5.15 Å². The quantitative estimate of drug-likeness (QED) is 0.653. The van der Waals surface area contributed by atoms with E-state index in [0.717, 1.165) is 5.69 Å². The Morgan fingerprint density at radius 3 is 2.96 bits per heavy atom. The second-order valence-corrected chi connectivity index (χ2v) is 6.72. The average Bonchev–Trinajstić information content (AvgIpc) is 3.06. The Balaban J connectivity index is 1.61. The summed E-state index contributed by atoms with van der Waals surface area (Å²) in [6.45, 7) is 6.67. The van der Waals surface area contributed by atoms with Crippen LogP contribution in [-0.4, -0.2) is 44.6 Å². The first-order chi connectivity index (χ1) is 13.0. The Morgan fingerprint density at radius 2 is 2.33 bits per heavy atom. The lowest BCUT2D eigenvalue weighted by Gasteiger charge is -2.35. The highest BCUT2D eigenvalue weighted by Gasteiger charge is 2.34. The van der Waals surface area contributed by atoms with Gasteiger partial charge in [0.15, 0.2) is 5.15 Å². The summed E-state index contributed by atoms with van der Waals surface area (Å²) in [5.74, 6) is 0.0610. The molecule has 1 aliphatic rings. The molecule has 0 saturated carbocycles. The van der Waals surface area contributed by atoms with E-state index in [4.69, 9.17) is 11.6 Å². The van der Waals surface area contributed by atoms with E-state index in [1.54, 1.807) is 39.3 Å². The average molecular weight is 388 g/mol. The summed E-state index contributed by atoms with van der Waals surface area (Å²) >= 11 is 6.27. The van der Waals surface area contributed by atoms with Crippen molar-refractivity contribution < 1.29 is 9.59 Å². The number of rotatable bonds is 8. The predicted molar refractivity (Wildman–Crippen MR) is 104 cm³/mol. The van der Waals surface area contributed by atoms with Crippen LogP contribution in [0.4, 0.5) is 5.69 Å². The Hall–Kier alpha value is -2.67. The zero-order valence-electron chi connectivity index (χ0n) is 15.2. The maximum atomic E-state index is 12.7. The standard InChI is InChI=1S/C19H22ClN5O2/c1-3-23-12-14(19(23)27)7-5-9-17(26)24(4-2)16-13-25(22-18(16)20)15-8-6-10-21-11-15/h3,6,8,10-11,13-14H,1,4-5,7,9,12H2,2H3. The van der Waals surface area contributed by atoms with Gasteiger partial charge in [0, 0.05) is 25.7 Å². The van der Waals surface area contributed by atoms with Crippen LogP contribution in [0.5, 0.6) is 0 Å². The molecule has 3 rings (SSSR count). The molecule has 0 bridgehead atoms. The second-order valence-electron chi connectivity index (χ2n) is 6.36. The second kappa shape index (κ2) is 8.35. The fourth-order valence-corrected chi connectivity index (χ4v) is 3.40. The van der Waals surface area contributed by atoms with Crippen LogP contribution in [0, 0.1) is 5.92 Å². The molecule has 2 aromatic rings. The number of pyridine rings is 1. The van der Waals surface area contributed by atoms with E-state index in [2.05, 4.69) is 16.7 Å². The topological polar surface area (TPSA) is 71.3 Å². The molecule has 142 valence electrons. The van der Waals surface area contributed by atoms with Gasteiger partial charge < -0.3 is 9.80 Å². The van der Waals surface area contributed by atoms with Crippen LogP contribution in [-0.2, 0) is 9.59 Å². The fourth-order valence-electron chi connectivity index (χ4n) is 3.17. The van der Waals surface area contributed by atoms with Gasteiger partial charge in [0.25, 0.3) is 0 Å². The third-order valence-electron chi connectivity index (χ3n) is 4.68. The highest BCUT2D eigenvalue weighted by Crippen LogP contribution is 2.28. The molecule has 0 N–H and O–H groups in total. The van der Waals surface area contributed by atoms with E-state index in [1.807, 2.05) is 19.1 Å². The molecule has 1 fully saturated rings. The van der Waals surface area contributed by atoms with Crippen molar-refractivity contribution in [1.82, 2.24) is 19.7 Å². The lowest BCUT2D eigenvalue weighted by Crippen LogP contribution is -2.48. The van der Waals surface area contributed by atoms with Gasteiger partial charge in [-0.05, 0) is 38.1 Å². The summed E-state index contributed by atoms with van der Waals surface area (Å²) in [5, 5.41) is 4.55. The Labute approximate surface area is 163 Å². The van der Waals surface area contributed by atoms with Crippen molar-refractivity contribution >= 4 is 29.1 Å². The molecule has 0 aliphatic carbocycles. The van der Waals surface area contributed by atoms with Gasteiger partial charge in [-0.3, -0.25) is 14.6 Å². The third kappa shape index (κ3) is 4.03. The molecule has 0 aromatic carbocycles. The number of nitrogens with zero attached hydrogens (tertiary/aromatic N) is 5. The van der Waals surface area contributed by atoms with Crippen LogP contribution in [0.25, 0.3) is 5.69 Å². The van der Waals surface area contributed by atoms with Crippen LogP contribution < -0.4 is 4.90 Å². The number of anilines is 1. The van der Waals surface area contributed by atoms with Crippen LogP contribution >= 0.6 is 11.6 Å². The van der Waals surface area contributed by atoms with Gasteiger partial charge in [-0.25, -0.2) is 4.68 Å². The van der Waals surface area contributed by atoms with Crippen molar-refractivity contribution in [2.24, 2.45) is 5.92 Å². The Morgan fingerprint density at radius 1 is 1.52 bits per heavy atom. The van der Waals surface area contributed by atoms with Crippen molar-refractivity contribution in [1.29, 1.82) is 0 Å². The van der Waals surface area contributed by atoms with Gasteiger partial charge >= 0.3 is 0 Å². The number of β-lactam (4-membered cyclic amide) rings is 1. The lowest BCUT2D eigenvalue weighted by molar-refractivity contribution is -0.144. The smallest absolute Gasteiger partial charge is 0.231 e. The molecule has 8 heteroatoms. The highest BCUT2D eigenvalue weighted by atomic mass is 35.5. The number of carbonyl (C=O) groups is 2. The summed E-state index contributed by atoms with van der Waals surface area (Å²) in [6.07, 6.45) is 8.36. The SMILES string of the molecule is C=CN1CC(CCCC(=O)N(CC)c2cn(-c3cccnc3)nc2Cl)C1=O. The van der Waals surface area contributed by atoms with Crippen LogP contribution in [0.15, 0.2) is 43.5 Å². The van der Waals surface area contributed by atoms with Crippen molar-refractivity contribution in [3.63, 3.8) is 0 Å². The van der Waals surface area contributed by atoms with E-state index in [0.29, 0.717) is 38.0 Å². The Kier molecular flexibility index (Phi) is 5.91. The van der Waals surface area contributed by atoms with Crippen molar-refractivity contribution in [3.05, 3.63) is 48.7 Å². The molecule has 1 saturated heterocycles. The number of hydrogen-bond acceptors (Lipinski definition) is 4. The number of aromatic nitrogens is 3. The van der Waals surface area contributed by atoms with E-state index >= 15 is 0 Å². The van der Waals surface area contributed by atoms with Gasteiger partial charge in [0.1, 0.15) is 5.69 Å². The zero-order valence-corrected chi connectivity index (χ0v) is 16.0. The van der Waals surface area contributed by atoms with Gasteiger partial charge in [-0.15, -0.1) is 0 Å². The highest BCUT2D eigenvalue weighted by molar-refractivity contribution is 6.32. The molecule has 0 spiro atoms. The maximum absolute atomic E-state index is 12.7. The minimum atomic E-state index is -0.0301. The van der Waals surface area contributed by atoms with Crippen molar-refractivity contribution in [3.8, 4) is 5.69 Å². The number of likely N-dealkylation sites (tertiary alicyclic amines) is 1. The number of carbonyl (C=O) groups excluding carboxylic acids is 2. The largest absolute Gasteiger partial charge is 0.319 e. The summed E-state index contributed by atoms with van der Waals surface area (Å²) in [5.41, 5.74) is 1.34. The molecule has 1 atom stereocenters. The minimum absolute atomic E-state index is 0.00259. The molecule has 2 aromatic heterocycles. The van der Waals surface area contributed by atoms with Gasteiger partial charge in [0.2, 0.25) is 11.8 Å². The molecule has 0 radical (unpaired) electrons. The molecule has 1 aliphatic heterocycles. The molecule has 27 heavy (non-hydrogen) atoms. The number of hydrogen-bond donors (Lipinski definition) is 0. The maximum Gasteiger partial charge on any atom is 0.231 e. The van der Waals surface area contributed by atoms with Crippen molar-refractivity contribution in [2.45, 2.75) is 26.2 Å². The van der Waals surface area contributed by atoms with E-state index < -0.39 is 0 Å². The van der Waals surface area contributed by atoms with Crippen molar-refractivity contribution in [2.75, 3.05) is 18.0 Å². The predicted octanol–water partition coefficient (Wildman–Crippen LogP) is 3.05. The van der Waals surface area contributed by atoms with Gasteiger partial charge in [-0.2, -0.15) is 5.10 Å². The number of halogens is 1. The minimum Gasteiger partial charge on any atom is -0.319 e. The molecular weight excluding hydrogens is 366 g/mol. The first kappa shape index (κ1) is 19.1. The van der Waals surface area contributed by atoms with E-state index in [9.17, 15) is 9.59 Å². The zero-order chi connectivity index (χ0) is 19.4. The first-order valence-corrected chi connectivity index (χ1v) is 9.32. The monoisotopic (exact) mass is 387 g/mol. The first-order valence-electron chi connectivity index (χ1n) is 8.94. The molecule has 7 nitrogen and oxygen atoms in total. The van der Waals surface area contributed by atoms with E-state index in [1.165, 1.54) is 0 Å². The summed E-state index contributed by atoms with van der Waals surface area (Å²) in [6, 6.07) is 3.67. The van der Waals surface area contributed by atoms with Crippen LogP contribution in [0.1, 0.15) is 26.2 Å². The molecule has 1 unspecified atom stereocenters. The number of amides is 2. The van der Waals surface area contributed by atoms with Crippen LogP contribution in [0.3, 0.4) is 0 Å². The van der Waals surface area contributed by atoms with Gasteiger partial charge in [0.05, 0.1) is 24.0 Å². The normalized spacial score (nSPS) is 16.1. The van der Waals surface area contributed by atoms with Gasteiger partial charge in [-0.1, -0.05) is 18.2 Å².